The molecule has 2 amide bonds. The second-order valence-corrected chi connectivity index (χ2v) is 10.5. The topological polar surface area (TPSA) is 90.9 Å². The molecule has 0 heterocycles. The third-order valence-electron chi connectivity index (χ3n) is 6.66. The number of aliphatic hydroxyl groups excluding tert-OH is 1. The molecule has 2 atom stereocenters. The molecule has 41 heavy (non-hydrogen) atoms. The molecule has 0 spiro atoms. The van der Waals surface area contributed by atoms with E-state index in [1.165, 1.54) is 12.1 Å². The van der Waals surface area contributed by atoms with E-state index in [1.54, 1.807) is 23.1 Å². The Morgan fingerprint density at radius 2 is 1.54 bits per heavy atom. The number of ether oxygens (including phenoxy) is 1. The van der Waals surface area contributed by atoms with Gasteiger partial charge in [0.1, 0.15) is 11.6 Å². The molecule has 9 heteroatoms. The molecule has 0 saturated carbocycles. The summed E-state index contributed by atoms with van der Waals surface area (Å²) in [4.78, 5) is 28.4. The van der Waals surface area contributed by atoms with Crippen LogP contribution in [0.1, 0.15) is 84.7 Å². The summed E-state index contributed by atoms with van der Waals surface area (Å²) in [7, 11) is 0. The van der Waals surface area contributed by atoms with Gasteiger partial charge in [0.15, 0.2) is 0 Å². The lowest BCUT2D eigenvalue weighted by Crippen LogP contribution is -2.49. The normalized spacial score (nSPS) is 12.7. The maximum atomic E-state index is 13.9. The van der Waals surface area contributed by atoms with E-state index in [-0.39, 0.29) is 24.4 Å². The Bertz CT molecular complexity index is 1070. The van der Waals surface area contributed by atoms with Crippen LogP contribution in [0.25, 0.3) is 0 Å². The van der Waals surface area contributed by atoms with Gasteiger partial charge in [0.25, 0.3) is 11.8 Å². The molecule has 0 aliphatic carbocycles. The summed E-state index contributed by atoms with van der Waals surface area (Å²) in [5.74, 6) is -2.08. The van der Waals surface area contributed by atoms with E-state index in [0.717, 1.165) is 50.3 Å². The number of hydrogen-bond donors (Lipinski definition) is 3. The zero-order valence-electron chi connectivity index (χ0n) is 25.0. The van der Waals surface area contributed by atoms with Crippen molar-refractivity contribution in [1.29, 1.82) is 0 Å². The zero-order chi connectivity index (χ0) is 30.2. The first kappa shape index (κ1) is 34.3. The van der Waals surface area contributed by atoms with Crippen LogP contribution in [-0.2, 0) is 11.2 Å². The number of unbranched alkanes of at least 4 members (excludes halogenated alkanes) is 1. The highest BCUT2D eigenvalue weighted by molar-refractivity contribution is 6.00. The number of benzene rings is 2. The number of amides is 2. The Balaban J connectivity index is 2.17. The largest absolute Gasteiger partial charge is 0.390 e. The van der Waals surface area contributed by atoms with Gasteiger partial charge in [0, 0.05) is 50.0 Å². The highest BCUT2D eigenvalue weighted by atomic mass is 19.1. The van der Waals surface area contributed by atoms with Gasteiger partial charge in [0.05, 0.1) is 12.1 Å². The first-order valence-corrected chi connectivity index (χ1v) is 14.8. The van der Waals surface area contributed by atoms with Crippen molar-refractivity contribution in [2.45, 2.75) is 78.4 Å². The van der Waals surface area contributed by atoms with Crippen LogP contribution in [0.4, 0.5) is 8.78 Å². The van der Waals surface area contributed by atoms with E-state index in [1.807, 2.05) is 20.8 Å². The molecular formula is C32H47F2N3O4. The molecule has 0 radical (unpaired) electrons. The summed E-state index contributed by atoms with van der Waals surface area (Å²) in [6.45, 7) is 11.3. The summed E-state index contributed by atoms with van der Waals surface area (Å²) in [6.07, 6.45) is 3.47. The van der Waals surface area contributed by atoms with Crippen molar-refractivity contribution in [2.24, 2.45) is 0 Å². The fourth-order valence-corrected chi connectivity index (χ4v) is 4.63. The minimum absolute atomic E-state index is 0.0157. The van der Waals surface area contributed by atoms with Crippen molar-refractivity contribution in [2.75, 3.05) is 39.4 Å². The number of aryl methyl sites for hydroxylation is 1. The van der Waals surface area contributed by atoms with Gasteiger partial charge in [-0.2, -0.15) is 0 Å². The number of nitrogens with one attached hydrogen (secondary N) is 2. The number of halogens is 2. The predicted molar refractivity (Wildman–Crippen MR) is 158 cm³/mol. The van der Waals surface area contributed by atoms with Crippen LogP contribution in [0, 0.1) is 18.6 Å². The molecule has 0 saturated heterocycles. The summed E-state index contributed by atoms with van der Waals surface area (Å²) < 4.78 is 33.3. The highest BCUT2D eigenvalue weighted by Crippen LogP contribution is 2.16. The number of nitrogens with zero attached hydrogens (tertiary/aromatic N) is 1. The average molecular weight is 576 g/mol. The molecule has 0 fully saturated rings. The summed E-state index contributed by atoms with van der Waals surface area (Å²) in [5.41, 5.74) is 1.76. The number of hydrogen-bond acceptors (Lipinski definition) is 5. The van der Waals surface area contributed by atoms with Gasteiger partial charge in [-0.3, -0.25) is 9.59 Å². The monoisotopic (exact) mass is 575 g/mol. The molecule has 3 N–H and O–H groups in total. The minimum Gasteiger partial charge on any atom is -0.390 e. The van der Waals surface area contributed by atoms with Crippen molar-refractivity contribution < 1.29 is 28.2 Å². The van der Waals surface area contributed by atoms with Crippen molar-refractivity contribution in [1.82, 2.24) is 15.5 Å². The molecule has 0 aliphatic heterocycles. The first-order chi connectivity index (χ1) is 19.7. The average Bonchev–Trinajstić information content (AvgIpc) is 2.92. The molecule has 0 aromatic heterocycles. The van der Waals surface area contributed by atoms with Crippen LogP contribution in [-0.4, -0.2) is 73.4 Å². The maximum Gasteiger partial charge on any atom is 0.253 e. The van der Waals surface area contributed by atoms with Gasteiger partial charge in [-0.25, -0.2) is 8.78 Å². The first-order valence-electron chi connectivity index (χ1n) is 14.8. The Kier molecular flexibility index (Phi) is 15.5. The van der Waals surface area contributed by atoms with Crippen molar-refractivity contribution in [3.05, 3.63) is 70.3 Å². The minimum atomic E-state index is -1.04. The molecule has 0 bridgehead atoms. The summed E-state index contributed by atoms with van der Waals surface area (Å²) in [6, 6.07) is 7.32. The standard InChI is InChI=1S/C32H47F2N3O4/c1-5-8-13-41-14-9-10-35-22-30(38)29(19-24-17-27(33)21-28(34)18-24)36-31(39)25-15-23(4)16-26(20-25)32(40)37(11-6-2)12-7-3/h15-18,20-21,29-30,35,38H,5-14,19,22H2,1-4H3,(H,36,39)/t29-,30+/m0/s1. The molecule has 228 valence electrons. The lowest BCUT2D eigenvalue weighted by Gasteiger charge is -2.25. The number of aliphatic hydroxyl groups is 1. The second kappa shape index (κ2) is 18.5. The Hall–Kier alpha value is -2.88. The molecule has 0 unspecified atom stereocenters. The Labute approximate surface area is 243 Å². The van der Waals surface area contributed by atoms with E-state index in [0.29, 0.717) is 37.4 Å². The van der Waals surface area contributed by atoms with E-state index in [2.05, 4.69) is 17.6 Å². The highest BCUT2D eigenvalue weighted by Gasteiger charge is 2.24. The fourth-order valence-electron chi connectivity index (χ4n) is 4.63. The maximum absolute atomic E-state index is 13.9. The third-order valence-corrected chi connectivity index (χ3v) is 6.66. The lowest BCUT2D eigenvalue weighted by atomic mass is 9.99. The molecule has 2 aromatic rings. The summed E-state index contributed by atoms with van der Waals surface area (Å²) in [5, 5.41) is 17.0. The van der Waals surface area contributed by atoms with E-state index in [9.17, 15) is 23.5 Å². The SMILES string of the molecule is CCCCOCCCNC[C@@H](O)[C@H](Cc1cc(F)cc(F)c1)NC(=O)c1cc(C)cc(C(=O)N(CCC)CCC)c1. The van der Waals surface area contributed by atoms with Crippen molar-refractivity contribution in [3.8, 4) is 0 Å². The van der Waals surface area contributed by atoms with Gasteiger partial charge in [-0.15, -0.1) is 0 Å². The van der Waals surface area contributed by atoms with E-state index in [4.69, 9.17) is 4.74 Å². The van der Waals surface area contributed by atoms with Gasteiger partial charge in [0.2, 0.25) is 0 Å². The third kappa shape index (κ3) is 12.3. The van der Waals surface area contributed by atoms with E-state index >= 15 is 0 Å². The quantitative estimate of drug-likeness (QED) is 0.204. The van der Waals surface area contributed by atoms with Crippen LogP contribution in [0.15, 0.2) is 36.4 Å². The van der Waals surface area contributed by atoms with Crippen LogP contribution in [0.2, 0.25) is 0 Å². The van der Waals surface area contributed by atoms with Crippen LogP contribution >= 0.6 is 0 Å². The zero-order valence-corrected chi connectivity index (χ0v) is 25.0. The molecular weight excluding hydrogens is 528 g/mol. The van der Waals surface area contributed by atoms with Crippen LogP contribution < -0.4 is 10.6 Å². The Morgan fingerprint density at radius 1 is 0.902 bits per heavy atom. The predicted octanol–water partition coefficient (Wildman–Crippen LogP) is 5.03. The van der Waals surface area contributed by atoms with Crippen molar-refractivity contribution >= 4 is 11.8 Å². The molecule has 0 aliphatic rings. The van der Waals surface area contributed by atoms with Crippen LogP contribution in [0.5, 0.6) is 0 Å². The van der Waals surface area contributed by atoms with Gasteiger partial charge < -0.3 is 25.4 Å². The smallest absolute Gasteiger partial charge is 0.253 e. The number of carbonyl (C=O) groups is 2. The summed E-state index contributed by atoms with van der Waals surface area (Å²) >= 11 is 0. The molecule has 2 rings (SSSR count). The number of carbonyl (C=O) groups excluding carboxylic acids is 2. The number of rotatable bonds is 19. The van der Waals surface area contributed by atoms with Crippen LogP contribution in [0.3, 0.4) is 0 Å². The second-order valence-electron chi connectivity index (χ2n) is 10.5. The van der Waals surface area contributed by atoms with Gasteiger partial charge in [-0.05, 0) is 87.0 Å². The van der Waals surface area contributed by atoms with E-state index < -0.39 is 29.7 Å². The van der Waals surface area contributed by atoms with Gasteiger partial charge in [-0.1, -0.05) is 27.2 Å². The van der Waals surface area contributed by atoms with Crippen molar-refractivity contribution in [3.63, 3.8) is 0 Å². The Morgan fingerprint density at radius 3 is 2.17 bits per heavy atom. The molecule has 7 nitrogen and oxygen atoms in total. The lowest BCUT2D eigenvalue weighted by molar-refractivity contribution is 0.0755. The molecule has 2 aromatic carbocycles. The van der Waals surface area contributed by atoms with Gasteiger partial charge >= 0.3 is 0 Å². The fraction of sp³-hybridized carbons (Fsp3) is 0.562.